The van der Waals surface area contributed by atoms with Gasteiger partial charge in [0.25, 0.3) is 21.9 Å². The van der Waals surface area contributed by atoms with Crippen molar-refractivity contribution in [1.82, 2.24) is 5.06 Å². The van der Waals surface area contributed by atoms with E-state index in [0.29, 0.717) is 0 Å². The normalized spacial score (nSPS) is 14.9. The van der Waals surface area contributed by atoms with Gasteiger partial charge in [0.2, 0.25) is 0 Å². The average molecular weight is 323 g/mol. The third kappa shape index (κ3) is 3.67. The Morgan fingerprint density at radius 2 is 1.45 bits per heavy atom. The molecular formula is C14H13NO6S. The fourth-order valence-electron chi connectivity index (χ4n) is 1.89. The molecule has 1 aliphatic rings. The van der Waals surface area contributed by atoms with Gasteiger partial charge in [0.1, 0.15) is 0 Å². The highest BCUT2D eigenvalue weighted by Crippen LogP contribution is 2.18. The number of hydroxylamine groups is 2. The lowest BCUT2D eigenvalue weighted by molar-refractivity contribution is -0.171. The number of imide groups is 1. The third-order valence-electron chi connectivity index (χ3n) is 3.04. The van der Waals surface area contributed by atoms with E-state index in [2.05, 4.69) is 0 Å². The van der Waals surface area contributed by atoms with E-state index in [9.17, 15) is 18.0 Å². The Morgan fingerprint density at radius 1 is 0.909 bits per heavy atom. The lowest BCUT2D eigenvalue weighted by Gasteiger charge is -1.99. The molecule has 0 bridgehead atoms. The van der Waals surface area contributed by atoms with Crippen LogP contribution in [0.15, 0.2) is 47.4 Å². The highest BCUT2D eigenvalue weighted by Gasteiger charge is 2.26. The molecule has 0 aliphatic carbocycles. The van der Waals surface area contributed by atoms with Crippen molar-refractivity contribution in [3.05, 3.63) is 42.5 Å². The number of hydrogen-bond acceptors (Lipinski definition) is 5. The molecule has 0 spiro atoms. The first-order valence-electron chi connectivity index (χ1n) is 6.30. The molecule has 2 aromatic carbocycles. The molecule has 22 heavy (non-hydrogen) atoms. The zero-order chi connectivity index (χ0) is 16.3. The van der Waals surface area contributed by atoms with E-state index < -0.39 is 21.9 Å². The summed E-state index contributed by atoms with van der Waals surface area (Å²) < 4.78 is 30.5. The van der Waals surface area contributed by atoms with Crippen molar-refractivity contribution in [3.63, 3.8) is 0 Å². The van der Waals surface area contributed by atoms with Crippen molar-refractivity contribution >= 4 is 32.7 Å². The first-order valence-corrected chi connectivity index (χ1v) is 7.74. The Hall–Kier alpha value is -2.29. The van der Waals surface area contributed by atoms with E-state index in [0.717, 1.165) is 10.8 Å². The maximum absolute atomic E-state index is 10.8. The smallest absolute Gasteiger partial charge is 0.282 e. The molecule has 3 rings (SSSR count). The molecule has 8 heteroatoms. The zero-order valence-electron chi connectivity index (χ0n) is 11.3. The first-order chi connectivity index (χ1) is 10.3. The van der Waals surface area contributed by atoms with Gasteiger partial charge in [-0.2, -0.15) is 13.5 Å². The third-order valence-corrected chi connectivity index (χ3v) is 3.89. The summed E-state index contributed by atoms with van der Waals surface area (Å²) in [5.74, 6) is -1.01. The molecule has 0 saturated carbocycles. The predicted octanol–water partition coefficient (Wildman–Crippen LogP) is 1.61. The zero-order valence-corrected chi connectivity index (χ0v) is 12.2. The maximum atomic E-state index is 10.8. The topological polar surface area (TPSA) is 112 Å². The Morgan fingerprint density at radius 3 is 1.91 bits per heavy atom. The fourth-order valence-corrected chi connectivity index (χ4v) is 2.41. The Kier molecular flexibility index (Phi) is 4.55. The summed E-state index contributed by atoms with van der Waals surface area (Å²) >= 11 is 0. The SMILES string of the molecule is O=C1CCC(=O)N1O.O=S(=O)(O)c1ccc2ccccc2c1. The predicted molar refractivity (Wildman–Crippen MR) is 76.6 cm³/mol. The fraction of sp³-hybridized carbons (Fsp3) is 0.143. The van der Waals surface area contributed by atoms with E-state index in [1.165, 1.54) is 12.1 Å². The number of rotatable bonds is 1. The summed E-state index contributed by atoms with van der Waals surface area (Å²) in [7, 11) is -4.09. The highest BCUT2D eigenvalue weighted by atomic mass is 32.2. The van der Waals surface area contributed by atoms with Gasteiger partial charge in [0.15, 0.2) is 0 Å². The summed E-state index contributed by atoms with van der Waals surface area (Å²) in [6, 6.07) is 11.9. The minimum Gasteiger partial charge on any atom is -0.282 e. The van der Waals surface area contributed by atoms with Crippen molar-refractivity contribution in [3.8, 4) is 0 Å². The molecule has 7 nitrogen and oxygen atoms in total. The molecule has 1 fully saturated rings. The summed E-state index contributed by atoms with van der Waals surface area (Å²) in [4.78, 5) is 20.4. The standard InChI is InChI=1S/C10H8O3S.C4H5NO3/c11-14(12,13)10-6-5-8-3-1-2-4-9(8)7-10;6-3-1-2-4(7)5(3)8/h1-7H,(H,11,12,13);8H,1-2H2. The number of fused-ring (bicyclic) bond motifs is 1. The second kappa shape index (κ2) is 6.22. The number of hydrogen-bond donors (Lipinski definition) is 2. The average Bonchev–Trinajstić information content (AvgIpc) is 2.78. The molecule has 0 unspecified atom stereocenters. The van der Waals surface area contributed by atoms with E-state index in [1.807, 2.05) is 18.2 Å². The van der Waals surface area contributed by atoms with Crippen LogP contribution in [0.3, 0.4) is 0 Å². The van der Waals surface area contributed by atoms with Gasteiger partial charge in [-0.25, -0.2) is 0 Å². The van der Waals surface area contributed by atoms with Crippen LogP contribution in [0.1, 0.15) is 12.8 Å². The summed E-state index contributed by atoms with van der Waals surface area (Å²) in [6.07, 6.45) is 0.296. The Balaban J connectivity index is 0.000000188. The molecule has 1 heterocycles. The molecule has 0 radical (unpaired) electrons. The van der Waals surface area contributed by atoms with Gasteiger partial charge in [-0.3, -0.25) is 19.3 Å². The van der Waals surface area contributed by atoms with Gasteiger partial charge in [-0.1, -0.05) is 30.3 Å². The van der Waals surface area contributed by atoms with Crippen molar-refractivity contribution in [1.29, 1.82) is 0 Å². The second-order valence-electron chi connectivity index (χ2n) is 4.58. The van der Waals surface area contributed by atoms with Crippen LogP contribution in [0, 0.1) is 0 Å². The summed E-state index contributed by atoms with van der Waals surface area (Å²) in [6.45, 7) is 0. The molecule has 2 N–H and O–H groups in total. The molecule has 2 aromatic rings. The van der Waals surface area contributed by atoms with Gasteiger partial charge in [0.05, 0.1) is 4.90 Å². The Labute approximate surface area is 126 Å². The number of carbonyl (C=O) groups is 2. The van der Waals surface area contributed by atoms with Crippen LogP contribution in [0.5, 0.6) is 0 Å². The number of carbonyl (C=O) groups excluding carboxylic acids is 2. The monoisotopic (exact) mass is 323 g/mol. The van der Waals surface area contributed by atoms with E-state index in [4.69, 9.17) is 9.76 Å². The van der Waals surface area contributed by atoms with Crippen LogP contribution < -0.4 is 0 Å². The van der Waals surface area contributed by atoms with E-state index in [-0.39, 0.29) is 22.8 Å². The minimum atomic E-state index is -4.09. The molecule has 0 aromatic heterocycles. The molecule has 1 aliphatic heterocycles. The molecule has 2 amide bonds. The van der Waals surface area contributed by atoms with Crippen LogP contribution in [-0.4, -0.2) is 35.1 Å². The second-order valence-corrected chi connectivity index (χ2v) is 6.00. The number of amides is 2. The van der Waals surface area contributed by atoms with Crippen molar-refractivity contribution < 1.29 is 27.8 Å². The lowest BCUT2D eigenvalue weighted by atomic mass is 10.1. The van der Waals surface area contributed by atoms with E-state index >= 15 is 0 Å². The quantitative estimate of drug-likeness (QED) is 0.468. The molecular weight excluding hydrogens is 310 g/mol. The van der Waals surface area contributed by atoms with E-state index in [1.54, 1.807) is 12.1 Å². The number of nitrogens with zero attached hydrogens (tertiary/aromatic N) is 1. The number of benzene rings is 2. The highest BCUT2D eigenvalue weighted by molar-refractivity contribution is 7.85. The largest absolute Gasteiger partial charge is 0.294 e. The lowest BCUT2D eigenvalue weighted by Crippen LogP contribution is -2.24. The van der Waals surface area contributed by atoms with Gasteiger partial charge in [-0.15, -0.1) is 0 Å². The van der Waals surface area contributed by atoms with Crippen molar-refractivity contribution in [2.24, 2.45) is 0 Å². The van der Waals surface area contributed by atoms with Gasteiger partial charge in [0, 0.05) is 12.8 Å². The molecule has 0 atom stereocenters. The summed E-state index contributed by atoms with van der Waals surface area (Å²) in [5, 5.41) is 10.3. The van der Waals surface area contributed by atoms with Gasteiger partial charge < -0.3 is 0 Å². The van der Waals surface area contributed by atoms with Gasteiger partial charge in [-0.05, 0) is 22.9 Å². The van der Waals surface area contributed by atoms with Crippen LogP contribution in [0.25, 0.3) is 10.8 Å². The molecule has 116 valence electrons. The Bertz CT molecular complexity index is 814. The minimum absolute atomic E-state index is 0.0730. The summed E-state index contributed by atoms with van der Waals surface area (Å²) in [5.41, 5.74) is 0. The van der Waals surface area contributed by atoms with Crippen molar-refractivity contribution in [2.75, 3.05) is 0 Å². The first kappa shape index (κ1) is 16.1. The molecule has 1 saturated heterocycles. The van der Waals surface area contributed by atoms with Crippen LogP contribution in [-0.2, 0) is 19.7 Å². The maximum Gasteiger partial charge on any atom is 0.294 e. The van der Waals surface area contributed by atoms with Crippen LogP contribution >= 0.6 is 0 Å². The van der Waals surface area contributed by atoms with Gasteiger partial charge >= 0.3 is 0 Å². The van der Waals surface area contributed by atoms with Crippen molar-refractivity contribution in [2.45, 2.75) is 17.7 Å². The van der Waals surface area contributed by atoms with Crippen LogP contribution in [0.2, 0.25) is 0 Å². The van der Waals surface area contributed by atoms with Crippen LogP contribution in [0.4, 0.5) is 0 Å².